The Labute approximate surface area is 253 Å². The molecule has 5 heteroatoms. The number of nitrogens with zero attached hydrogens (tertiary/aromatic N) is 1. The highest BCUT2D eigenvalue weighted by Gasteiger charge is 2.70. The topological polar surface area (TPSA) is 84.9 Å². The van der Waals surface area contributed by atoms with Gasteiger partial charge in [0.2, 0.25) is 0 Å². The van der Waals surface area contributed by atoms with E-state index in [2.05, 4.69) is 64.6 Å². The van der Waals surface area contributed by atoms with Gasteiger partial charge in [0.15, 0.2) is 0 Å². The van der Waals surface area contributed by atoms with E-state index in [1.54, 1.807) is 0 Å². The second kappa shape index (κ2) is 9.81. The zero-order valence-electron chi connectivity index (χ0n) is 26.7. The number of benzene rings is 1. The molecule has 1 aromatic carbocycles. The Morgan fingerprint density at radius 3 is 2.38 bits per heavy atom. The van der Waals surface area contributed by atoms with E-state index in [-0.39, 0.29) is 33.2 Å². The van der Waals surface area contributed by atoms with Crippen LogP contribution < -0.4 is 5.73 Å². The van der Waals surface area contributed by atoms with Crippen LogP contribution in [0.1, 0.15) is 108 Å². The van der Waals surface area contributed by atoms with Crippen molar-refractivity contribution in [1.29, 1.82) is 0 Å². The van der Waals surface area contributed by atoms with Gasteiger partial charge in [0.25, 0.3) is 0 Å². The molecule has 0 aliphatic heterocycles. The predicted octanol–water partition coefficient (Wildman–Crippen LogP) is 8.28. The van der Waals surface area contributed by atoms with Gasteiger partial charge in [-0.1, -0.05) is 58.1 Å². The second-order valence-corrected chi connectivity index (χ2v) is 15.9. The summed E-state index contributed by atoms with van der Waals surface area (Å²) in [6.07, 6.45) is 14.4. The zero-order valence-corrected chi connectivity index (χ0v) is 26.7. The van der Waals surface area contributed by atoms with Crippen molar-refractivity contribution in [3.63, 3.8) is 0 Å². The largest absolute Gasteiger partial charge is 0.465 e. The molecule has 0 aromatic heterocycles. The maximum atomic E-state index is 12.0. The molecule has 5 aliphatic rings. The molecular formula is C37H52N2O3. The summed E-state index contributed by atoms with van der Waals surface area (Å²) >= 11 is 0. The number of carbonyl (C=O) groups is 1. The number of hydrogen-bond donors (Lipinski definition) is 2. The summed E-state index contributed by atoms with van der Waals surface area (Å²) < 4.78 is 4.92. The number of carbonyl (C=O) groups excluding carboxylic acids is 1. The third kappa shape index (κ3) is 3.84. The molecule has 5 nitrogen and oxygen atoms in total. The standard InChI is InChI=1S/C37H52N2O3/c1-23(2)26-14-19-36(22-39-41)20-21-37(38)28(31(26)36)12-13-30-34(5)17-15-27(24-8-10-25(11-9-24)32(40)42-7)33(3,4)29(34)16-18-35(30,37)6/h8-11,15,22,26,28-31,41H,1,12-14,16-21,38H2,2-7H3/b39-22+/t26?,28-,29+,30-,31-,34+,35-,36?,37+/m1/s1. The molecule has 4 saturated carbocycles. The highest BCUT2D eigenvalue weighted by molar-refractivity contribution is 5.90. The van der Waals surface area contributed by atoms with Crippen molar-refractivity contribution < 1.29 is 14.7 Å². The number of nitrogens with two attached hydrogens (primary N) is 1. The first-order chi connectivity index (χ1) is 19.8. The molecule has 42 heavy (non-hydrogen) atoms. The van der Waals surface area contributed by atoms with E-state index in [4.69, 9.17) is 10.5 Å². The lowest BCUT2D eigenvalue weighted by Crippen LogP contribution is -2.73. The zero-order chi connectivity index (χ0) is 30.3. The summed E-state index contributed by atoms with van der Waals surface area (Å²) in [4.78, 5) is 12.0. The summed E-state index contributed by atoms with van der Waals surface area (Å²) in [6, 6.07) is 7.99. The number of oxime groups is 1. The van der Waals surface area contributed by atoms with Gasteiger partial charge in [-0.3, -0.25) is 0 Å². The van der Waals surface area contributed by atoms with Crippen LogP contribution in [0.25, 0.3) is 5.57 Å². The SMILES string of the molecule is C=C(C)C1CCC2(/C=N/O)CC[C@]3(N)[C@H](CC[C@@H]4[C@@]5(C)CC=C(c6ccc(C(=O)OC)cc6)C(C)(C)[C@@H]5CC[C@]43C)[C@@H]12. The van der Waals surface area contributed by atoms with E-state index in [9.17, 15) is 10.0 Å². The Balaban J connectivity index is 1.35. The number of fused-ring (bicyclic) bond motifs is 7. The van der Waals surface area contributed by atoms with Gasteiger partial charge < -0.3 is 15.7 Å². The fraction of sp³-hybridized carbons (Fsp3) is 0.676. The van der Waals surface area contributed by atoms with E-state index < -0.39 is 0 Å². The summed E-state index contributed by atoms with van der Waals surface area (Å²) in [6.45, 7) is 16.7. The monoisotopic (exact) mass is 572 g/mol. The molecule has 3 N–H and O–H groups in total. The first kappa shape index (κ1) is 29.7. The third-order valence-electron chi connectivity index (χ3n) is 14.1. The first-order valence-corrected chi connectivity index (χ1v) is 16.3. The minimum absolute atomic E-state index is 0.00946. The van der Waals surface area contributed by atoms with E-state index in [0.29, 0.717) is 35.2 Å². The molecule has 2 unspecified atom stereocenters. The fourth-order valence-electron chi connectivity index (χ4n) is 12.2. The van der Waals surface area contributed by atoms with Crippen LogP contribution >= 0.6 is 0 Å². The van der Waals surface area contributed by atoms with Gasteiger partial charge in [-0.2, -0.15) is 0 Å². The number of ether oxygens (including phenoxy) is 1. The quantitative estimate of drug-likeness (QED) is 0.125. The van der Waals surface area contributed by atoms with Gasteiger partial charge in [0.05, 0.1) is 18.9 Å². The Morgan fingerprint density at radius 1 is 1.02 bits per heavy atom. The van der Waals surface area contributed by atoms with E-state index >= 15 is 0 Å². The molecule has 9 atom stereocenters. The number of rotatable bonds is 4. The molecule has 0 saturated heterocycles. The molecule has 0 bridgehead atoms. The molecule has 0 amide bonds. The van der Waals surface area contributed by atoms with Crippen molar-refractivity contribution in [2.75, 3.05) is 7.11 Å². The van der Waals surface area contributed by atoms with Crippen molar-refractivity contribution in [2.45, 2.75) is 97.9 Å². The van der Waals surface area contributed by atoms with Gasteiger partial charge in [-0.25, -0.2) is 4.79 Å². The Bertz CT molecular complexity index is 1330. The smallest absolute Gasteiger partial charge is 0.337 e. The van der Waals surface area contributed by atoms with Gasteiger partial charge in [0, 0.05) is 11.0 Å². The van der Waals surface area contributed by atoms with Crippen LogP contribution in [-0.2, 0) is 4.74 Å². The predicted molar refractivity (Wildman–Crippen MR) is 169 cm³/mol. The van der Waals surface area contributed by atoms with Crippen molar-refractivity contribution in [2.24, 2.45) is 62.1 Å². The second-order valence-electron chi connectivity index (χ2n) is 15.9. The highest BCUT2D eigenvalue weighted by atomic mass is 16.5. The normalized spacial score (nSPS) is 43.9. The molecule has 0 spiro atoms. The molecule has 5 aliphatic carbocycles. The minimum atomic E-state index is -0.292. The number of esters is 1. The van der Waals surface area contributed by atoms with Crippen LogP contribution in [0.2, 0.25) is 0 Å². The van der Waals surface area contributed by atoms with E-state index in [0.717, 1.165) is 44.9 Å². The molecule has 1 aromatic rings. The summed E-state index contributed by atoms with van der Waals surface area (Å²) in [7, 11) is 1.43. The molecule has 0 heterocycles. The van der Waals surface area contributed by atoms with Gasteiger partial charge in [-0.15, -0.1) is 5.16 Å². The summed E-state index contributed by atoms with van der Waals surface area (Å²) in [5, 5.41) is 13.4. The van der Waals surface area contributed by atoms with Crippen LogP contribution in [0.4, 0.5) is 0 Å². The molecule has 6 rings (SSSR count). The molecule has 0 radical (unpaired) electrons. The number of methoxy groups -OCH3 is 1. The van der Waals surface area contributed by atoms with Gasteiger partial charge >= 0.3 is 5.97 Å². The average molecular weight is 573 g/mol. The lowest BCUT2D eigenvalue weighted by atomic mass is 9.34. The maximum Gasteiger partial charge on any atom is 0.337 e. The van der Waals surface area contributed by atoms with Crippen LogP contribution in [-0.4, -0.2) is 30.0 Å². The van der Waals surface area contributed by atoms with E-state index in [1.165, 1.54) is 36.7 Å². The number of hydrogen-bond acceptors (Lipinski definition) is 5. The minimum Gasteiger partial charge on any atom is -0.465 e. The Kier molecular flexibility index (Phi) is 6.93. The Hall–Kier alpha value is -2.40. The van der Waals surface area contributed by atoms with Gasteiger partial charge in [0.1, 0.15) is 0 Å². The lowest BCUT2D eigenvalue weighted by Gasteiger charge is -2.72. The summed E-state index contributed by atoms with van der Waals surface area (Å²) in [5.41, 5.74) is 12.3. The van der Waals surface area contributed by atoms with Crippen molar-refractivity contribution in [1.82, 2.24) is 0 Å². The third-order valence-corrected chi connectivity index (χ3v) is 14.1. The molecule has 228 valence electrons. The lowest BCUT2D eigenvalue weighted by molar-refractivity contribution is -0.186. The van der Waals surface area contributed by atoms with Crippen molar-refractivity contribution >= 4 is 17.8 Å². The average Bonchev–Trinajstić information content (AvgIpc) is 3.33. The van der Waals surface area contributed by atoms with Crippen LogP contribution in [0.5, 0.6) is 0 Å². The highest BCUT2D eigenvalue weighted by Crippen LogP contribution is 2.74. The van der Waals surface area contributed by atoms with E-state index in [1.807, 2.05) is 18.3 Å². The Morgan fingerprint density at radius 2 is 1.74 bits per heavy atom. The van der Waals surface area contributed by atoms with Crippen LogP contribution in [0, 0.1) is 51.2 Å². The van der Waals surface area contributed by atoms with Gasteiger partial charge in [-0.05, 0) is 134 Å². The summed E-state index contributed by atoms with van der Waals surface area (Å²) in [5.74, 6) is 2.11. The molecule has 4 fully saturated rings. The number of allylic oxidation sites excluding steroid dienone is 3. The maximum absolute atomic E-state index is 12.0. The van der Waals surface area contributed by atoms with Crippen molar-refractivity contribution in [3.05, 3.63) is 53.6 Å². The first-order valence-electron chi connectivity index (χ1n) is 16.3. The molecular weight excluding hydrogens is 520 g/mol. The van der Waals surface area contributed by atoms with Crippen LogP contribution in [0.15, 0.2) is 47.6 Å². The van der Waals surface area contributed by atoms with Crippen LogP contribution in [0.3, 0.4) is 0 Å². The fourth-order valence-corrected chi connectivity index (χ4v) is 12.2. The van der Waals surface area contributed by atoms with Crippen molar-refractivity contribution in [3.8, 4) is 0 Å².